The van der Waals surface area contributed by atoms with Crippen LogP contribution in [0.25, 0.3) is 0 Å². The standard InChI is InChI=1S/C18H19F6N3O2.2C4H4O4/c19-12-6-14(21)13(20)4-10(12)3-11(25)5-16(28)27-2-1-9-7-26(8-15(9)27)17(29)18(22,23)24;2*5-3(6)1-2-4(7)8/h4,6,9,11,15H,1-3,5,7-8,25H2;2*1-2H,(H,5,6)(H,7,8)/b;2*2-1+/t9-,11+,15+;;/m0../s1. The van der Waals surface area contributed by atoms with Crippen molar-refractivity contribution in [2.24, 2.45) is 11.7 Å². The van der Waals surface area contributed by atoms with E-state index in [1.807, 2.05) is 0 Å². The minimum atomic E-state index is -4.97. The first-order valence-electron chi connectivity index (χ1n) is 12.5. The van der Waals surface area contributed by atoms with Gasteiger partial charge in [-0.25, -0.2) is 32.3 Å². The summed E-state index contributed by atoms with van der Waals surface area (Å²) in [6.45, 7) is 0.0508. The zero-order chi connectivity index (χ0) is 34.6. The van der Waals surface area contributed by atoms with Gasteiger partial charge in [0.2, 0.25) is 5.91 Å². The Labute approximate surface area is 249 Å². The Hall–Kier alpha value is -4.94. The second-order valence-corrected chi connectivity index (χ2v) is 9.46. The fraction of sp³-hybridized carbons (Fsp3) is 0.385. The van der Waals surface area contributed by atoms with Gasteiger partial charge in [0, 0.05) is 68.4 Å². The summed E-state index contributed by atoms with van der Waals surface area (Å²) in [7, 11) is 0. The highest BCUT2D eigenvalue weighted by atomic mass is 19.4. The third kappa shape index (κ3) is 13.1. The summed E-state index contributed by atoms with van der Waals surface area (Å²) in [5.41, 5.74) is 5.68. The molecule has 1 aromatic carbocycles. The summed E-state index contributed by atoms with van der Waals surface area (Å²) in [5.74, 6) is -11.2. The van der Waals surface area contributed by atoms with E-state index in [0.29, 0.717) is 54.3 Å². The predicted molar refractivity (Wildman–Crippen MR) is 138 cm³/mol. The van der Waals surface area contributed by atoms with E-state index >= 15 is 0 Å². The third-order valence-corrected chi connectivity index (χ3v) is 6.14. The molecule has 3 atom stereocenters. The lowest BCUT2D eigenvalue weighted by molar-refractivity contribution is -0.184. The van der Waals surface area contributed by atoms with E-state index in [1.54, 1.807) is 0 Å². The molecule has 13 nitrogen and oxygen atoms in total. The first-order chi connectivity index (χ1) is 20.7. The molecule has 0 unspecified atom stereocenters. The molecule has 0 spiro atoms. The molecule has 1 aromatic rings. The predicted octanol–water partition coefficient (Wildman–Crippen LogP) is 1.41. The quantitative estimate of drug-likeness (QED) is 0.153. The molecule has 0 aromatic heterocycles. The van der Waals surface area contributed by atoms with Crippen LogP contribution in [0.4, 0.5) is 26.3 Å². The summed E-state index contributed by atoms with van der Waals surface area (Å²) in [4.78, 5) is 64.3. The Bertz CT molecular complexity index is 1290. The van der Waals surface area contributed by atoms with Crippen molar-refractivity contribution in [2.45, 2.75) is 37.5 Å². The molecular weight excluding hydrogens is 628 g/mol. The first-order valence-corrected chi connectivity index (χ1v) is 12.5. The molecule has 0 radical (unpaired) electrons. The van der Waals surface area contributed by atoms with Gasteiger partial charge in [-0.15, -0.1) is 0 Å². The monoisotopic (exact) mass is 655 g/mol. The molecule has 45 heavy (non-hydrogen) atoms. The summed E-state index contributed by atoms with van der Waals surface area (Å²) in [5, 5.41) is 31.2. The average molecular weight is 656 g/mol. The lowest BCUT2D eigenvalue weighted by Gasteiger charge is -2.26. The molecule has 3 rings (SSSR count). The molecule has 6 N–H and O–H groups in total. The largest absolute Gasteiger partial charge is 0.478 e. The van der Waals surface area contributed by atoms with E-state index in [2.05, 4.69) is 0 Å². The zero-order valence-electron chi connectivity index (χ0n) is 22.9. The molecule has 2 heterocycles. The van der Waals surface area contributed by atoms with Crippen molar-refractivity contribution in [3.05, 3.63) is 59.5 Å². The van der Waals surface area contributed by atoms with Crippen LogP contribution in [0.3, 0.4) is 0 Å². The maximum atomic E-state index is 13.7. The number of halogens is 6. The fourth-order valence-corrected chi connectivity index (χ4v) is 4.32. The van der Waals surface area contributed by atoms with Crippen LogP contribution in [0.2, 0.25) is 0 Å². The van der Waals surface area contributed by atoms with Crippen molar-refractivity contribution in [3.63, 3.8) is 0 Å². The Kier molecular flexibility index (Phi) is 14.2. The number of carboxylic acids is 4. The van der Waals surface area contributed by atoms with Crippen LogP contribution in [0.1, 0.15) is 18.4 Å². The maximum Gasteiger partial charge on any atom is 0.471 e. The van der Waals surface area contributed by atoms with Gasteiger partial charge in [-0.2, -0.15) is 13.2 Å². The van der Waals surface area contributed by atoms with Crippen molar-refractivity contribution < 1.29 is 75.5 Å². The van der Waals surface area contributed by atoms with Crippen LogP contribution < -0.4 is 5.73 Å². The number of fused-ring (bicyclic) bond motifs is 1. The number of carbonyl (C=O) groups excluding carboxylic acids is 2. The Morgan fingerprint density at radius 2 is 1.29 bits per heavy atom. The Balaban J connectivity index is 0.000000521. The van der Waals surface area contributed by atoms with Crippen LogP contribution in [-0.4, -0.2) is 104 Å². The van der Waals surface area contributed by atoms with E-state index < -0.39 is 71.4 Å². The third-order valence-electron chi connectivity index (χ3n) is 6.14. The second kappa shape index (κ2) is 16.8. The number of carbonyl (C=O) groups is 6. The van der Waals surface area contributed by atoms with Crippen molar-refractivity contribution >= 4 is 35.7 Å². The van der Waals surface area contributed by atoms with E-state index in [9.17, 15) is 55.1 Å². The molecule has 0 bridgehead atoms. The minimum absolute atomic E-state index is 0.0705. The van der Waals surface area contributed by atoms with Crippen molar-refractivity contribution in [1.29, 1.82) is 0 Å². The number of carboxylic acid groups (broad SMARTS) is 4. The number of amides is 2. The molecule has 2 fully saturated rings. The van der Waals surface area contributed by atoms with Crippen LogP contribution >= 0.6 is 0 Å². The molecule has 19 heteroatoms. The van der Waals surface area contributed by atoms with Gasteiger partial charge in [0.05, 0.1) is 6.04 Å². The molecule has 2 aliphatic rings. The topological polar surface area (TPSA) is 216 Å². The van der Waals surface area contributed by atoms with Crippen molar-refractivity contribution in [1.82, 2.24) is 9.80 Å². The molecule has 248 valence electrons. The zero-order valence-corrected chi connectivity index (χ0v) is 22.9. The van der Waals surface area contributed by atoms with Crippen LogP contribution in [0.5, 0.6) is 0 Å². The highest BCUT2D eigenvalue weighted by Gasteiger charge is 2.50. The van der Waals surface area contributed by atoms with Crippen LogP contribution in [0, 0.1) is 23.4 Å². The number of alkyl halides is 3. The number of hydrogen-bond donors (Lipinski definition) is 5. The van der Waals surface area contributed by atoms with Gasteiger partial charge in [0.15, 0.2) is 11.6 Å². The highest BCUT2D eigenvalue weighted by molar-refractivity contribution is 5.90. The number of hydrogen-bond acceptors (Lipinski definition) is 7. The number of nitrogens with zero attached hydrogens (tertiary/aromatic N) is 2. The smallest absolute Gasteiger partial charge is 0.471 e. The van der Waals surface area contributed by atoms with Gasteiger partial charge in [0.1, 0.15) is 5.82 Å². The number of aliphatic carboxylic acids is 4. The first kappa shape index (κ1) is 38.1. The Morgan fingerprint density at radius 1 is 0.822 bits per heavy atom. The lowest BCUT2D eigenvalue weighted by atomic mass is 10.0. The van der Waals surface area contributed by atoms with Crippen LogP contribution in [0.15, 0.2) is 36.4 Å². The van der Waals surface area contributed by atoms with Crippen molar-refractivity contribution in [3.8, 4) is 0 Å². The summed E-state index contributed by atoms with van der Waals surface area (Å²) >= 11 is 0. The van der Waals surface area contributed by atoms with Crippen LogP contribution in [-0.2, 0) is 35.2 Å². The summed E-state index contributed by atoms with van der Waals surface area (Å²) in [6.07, 6.45) is -2.73. The number of nitrogens with two attached hydrogens (primary N) is 1. The maximum absolute atomic E-state index is 13.7. The van der Waals surface area contributed by atoms with Gasteiger partial charge in [-0.1, -0.05) is 0 Å². The molecule has 0 saturated carbocycles. The average Bonchev–Trinajstić information content (AvgIpc) is 3.50. The summed E-state index contributed by atoms with van der Waals surface area (Å²) < 4.78 is 77.9. The lowest BCUT2D eigenvalue weighted by Crippen LogP contribution is -2.45. The van der Waals surface area contributed by atoms with Gasteiger partial charge in [0.25, 0.3) is 0 Å². The van der Waals surface area contributed by atoms with Gasteiger partial charge in [-0.05, 0) is 24.5 Å². The molecule has 0 aliphatic carbocycles. The SMILES string of the molecule is N[C@@H](CC(=O)N1CC[C@H]2CN(C(=O)C(F)(F)F)C[C@H]21)Cc1cc(F)c(F)cc1F.O=C(O)/C=C/C(=O)O.O=C(O)/C=C/C(=O)O. The molecular formula is C26H27F6N3O10. The van der Waals surface area contributed by atoms with E-state index in [1.165, 1.54) is 4.90 Å². The summed E-state index contributed by atoms with van der Waals surface area (Å²) in [6, 6.07) is -0.343. The second-order valence-electron chi connectivity index (χ2n) is 9.46. The molecule has 2 aliphatic heterocycles. The number of benzene rings is 1. The van der Waals surface area contributed by atoms with E-state index in [0.717, 1.165) is 0 Å². The minimum Gasteiger partial charge on any atom is -0.478 e. The Morgan fingerprint density at radius 3 is 1.73 bits per heavy atom. The normalized spacial score (nSPS) is 18.0. The van der Waals surface area contributed by atoms with Crippen molar-refractivity contribution in [2.75, 3.05) is 19.6 Å². The number of likely N-dealkylation sites (tertiary alicyclic amines) is 2. The van der Waals surface area contributed by atoms with Gasteiger partial charge < -0.3 is 36.0 Å². The molecule has 2 amide bonds. The van der Waals surface area contributed by atoms with E-state index in [-0.39, 0.29) is 37.4 Å². The fourth-order valence-electron chi connectivity index (χ4n) is 4.32. The van der Waals surface area contributed by atoms with Gasteiger partial charge >= 0.3 is 36.0 Å². The van der Waals surface area contributed by atoms with E-state index in [4.69, 9.17) is 26.2 Å². The number of rotatable bonds is 8. The van der Waals surface area contributed by atoms with Gasteiger partial charge in [-0.3, -0.25) is 9.59 Å². The molecule has 2 saturated heterocycles. The highest BCUT2D eigenvalue weighted by Crippen LogP contribution is 2.34.